The Labute approximate surface area is 136 Å². The maximum Gasteiger partial charge on any atom is 0.259 e. The summed E-state index contributed by atoms with van der Waals surface area (Å²) in [5.74, 6) is 0.197. The highest BCUT2D eigenvalue weighted by molar-refractivity contribution is 5.79. The van der Waals surface area contributed by atoms with Gasteiger partial charge in [-0.2, -0.15) is 16.8 Å². The van der Waals surface area contributed by atoms with E-state index in [-0.39, 0.29) is 17.8 Å². The Balaban J connectivity index is 4.16. The lowest BCUT2D eigenvalue weighted by atomic mass is 10.3. The molecule has 0 spiro atoms. The Hall–Kier alpha value is -3.01. The number of amides is 1. The molecule has 0 rings (SSSR count). The maximum absolute atomic E-state index is 11.9. The van der Waals surface area contributed by atoms with E-state index in [4.69, 9.17) is 23.3 Å². The molecule has 126 valence electrons. The lowest BCUT2D eigenvalue weighted by Crippen LogP contribution is -2.37. The van der Waals surface area contributed by atoms with Crippen LogP contribution in [0.5, 0.6) is 0 Å². The van der Waals surface area contributed by atoms with Crippen LogP contribution < -0.4 is 22.2 Å². The fraction of sp³-hybridized carbons (Fsp3) is 0.615. The van der Waals surface area contributed by atoms with Gasteiger partial charge in [0.15, 0.2) is 0 Å². The van der Waals surface area contributed by atoms with Crippen LogP contribution in [0.25, 0.3) is 4.95 Å². The summed E-state index contributed by atoms with van der Waals surface area (Å²) in [6.07, 6.45) is 3.34. The molecule has 0 fully saturated rings. The highest BCUT2D eigenvalue weighted by atomic mass is 16.2. The smallest absolute Gasteiger partial charge is 0.259 e. The second-order valence-corrected chi connectivity index (χ2v) is 4.46. The monoisotopic (exact) mass is 321 g/mol. The minimum atomic E-state index is 0.0555. The van der Waals surface area contributed by atoms with Gasteiger partial charge in [-0.15, -0.1) is 4.99 Å². The Morgan fingerprint density at radius 2 is 2.04 bits per heavy atom. The first-order valence-corrected chi connectivity index (χ1v) is 7.21. The zero-order valence-electron chi connectivity index (χ0n) is 13.2. The Bertz CT molecular complexity index is 501. The molecule has 0 aliphatic rings. The van der Waals surface area contributed by atoms with E-state index in [0.29, 0.717) is 45.4 Å². The summed E-state index contributed by atoms with van der Waals surface area (Å²) in [5.41, 5.74) is 13.1. The zero-order valence-corrected chi connectivity index (χ0v) is 13.2. The molecule has 0 atom stereocenters. The van der Waals surface area contributed by atoms with Gasteiger partial charge in [-0.3, -0.25) is 4.79 Å². The third-order valence-electron chi connectivity index (χ3n) is 2.78. The van der Waals surface area contributed by atoms with Crippen LogP contribution in [0, 0.1) is 18.0 Å². The molecule has 0 bridgehead atoms. The second kappa shape index (κ2) is 12.7. The van der Waals surface area contributed by atoms with Gasteiger partial charge in [0.1, 0.15) is 0 Å². The Kier molecular flexibility index (Phi) is 11.0. The number of rotatable bonds is 9. The molecule has 23 heavy (non-hydrogen) atoms. The van der Waals surface area contributed by atoms with E-state index in [1.54, 1.807) is 18.0 Å². The number of hydrogen-bond donors (Lipinski definition) is 4. The first kappa shape index (κ1) is 20.0. The van der Waals surface area contributed by atoms with Crippen molar-refractivity contribution in [3.05, 3.63) is 11.5 Å². The summed E-state index contributed by atoms with van der Waals surface area (Å²) < 4.78 is 0. The van der Waals surface area contributed by atoms with Crippen molar-refractivity contribution in [3.8, 4) is 6.19 Å². The fourth-order valence-electron chi connectivity index (χ4n) is 1.72. The van der Waals surface area contributed by atoms with Crippen LogP contribution in [0.1, 0.15) is 26.2 Å². The number of carbonyl (C=O) groups excluding carboxylic acids is 1. The second-order valence-electron chi connectivity index (χ2n) is 4.46. The summed E-state index contributed by atoms with van der Waals surface area (Å²) in [6, 6.07) is 0. The van der Waals surface area contributed by atoms with Gasteiger partial charge in [-0.25, -0.2) is 4.99 Å². The van der Waals surface area contributed by atoms with E-state index < -0.39 is 0 Å². The molecule has 0 aromatic heterocycles. The molecule has 0 radical (unpaired) electrons. The molecular formula is C13H23N9O. The number of aliphatic imine (C=N–C) groups is 2. The van der Waals surface area contributed by atoms with Crippen molar-refractivity contribution in [2.75, 3.05) is 26.2 Å². The minimum absolute atomic E-state index is 0.0555. The zero-order chi connectivity index (χ0) is 17.5. The minimum Gasteiger partial charge on any atom is -0.369 e. The molecule has 10 nitrogen and oxygen atoms in total. The molecule has 0 aliphatic heterocycles. The van der Waals surface area contributed by atoms with Crippen LogP contribution in [-0.2, 0) is 4.79 Å². The Morgan fingerprint density at radius 3 is 2.65 bits per heavy atom. The van der Waals surface area contributed by atoms with Crippen LogP contribution in [0.3, 0.4) is 0 Å². The average molecular weight is 321 g/mol. The lowest BCUT2D eigenvalue weighted by molar-refractivity contribution is -0.130. The number of carbonyl (C=O) groups is 1. The summed E-state index contributed by atoms with van der Waals surface area (Å²) in [7, 11) is 0. The molecule has 0 aromatic carbocycles. The topological polar surface area (TPSA) is 149 Å². The van der Waals surface area contributed by atoms with Crippen LogP contribution in [-0.4, -0.2) is 48.9 Å². The van der Waals surface area contributed by atoms with Gasteiger partial charge in [0.05, 0.1) is 0 Å². The third kappa shape index (κ3) is 10.4. The molecule has 0 saturated heterocycles. The normalized spacial score (nSPS) is 11.3. The van der Waals surface area contributed by atoms with Crippen molar-refractivity contribution in [1.29, 1.82) is 5.26 Å². The van der Waals surface area contributed by atoms with E-state index in [0.717, 1.165) is 0 Å². The van der Waals surface area contributed by atoms with Crippen molar-refractivity contribution >= 4 is 17.8 Å². The molecule has 0 aromatic rings. The van der Waals surface area contributed by atoms with Gasteiger partial charge < -0.3 is 21.7 Å². The number of guanidine groups is 2. The fourth-order valence-corrected chi connectivity index (χ4v) is 1.72. The van der Waals surface area contributed by atoms with Gasteiger partial charge >= 0.3 is 0 Å². The van der Waals surface area contributed by atoms with Gasteiger partial charge in [0.2, 0.25) is 18.1 Å². The largest absolute Gasteiger partial charge is 0.369 e. The molecule has 0 saturated carbocycles. The van der Waals surface area contributed by atoms with Crippen LogP contribution >= 0.6 is 0 Å². The van der Waals surface area contributed by atoms with Gasteiger partial charge in [0, 0.05) is 32.6 Å². The first-order chi connectivity index (χ1) is 11.0. The number of nitrogens with two attached hydrogens (primary N) is 2. The summed E-state index contributed by atoms with van der Waals surface area (Å²) in [5, 5.41) is 11.1. The van der Waals surface area contributed by atoms with E-state index in [1.165, 1.54) is 0 Å². The quantitative estimate of drug-likeness (QED) is 0.108. The standard InChI is InChI=1S/C13H23N9O/c1-3-11(23)22(8-4-6-18-12(15)20-10-14)9-5-7-19-13(16)21-17-2/h3-9H2,1H3,(H3,15,18,20)(H3,16,19,21). The summed E-state index contributed by atoms with van der Waals surface area (Å²) >= 11 is 0. The third-order valence-corrected chi connectivity index (χ3v) is 2.78. The van der Waals surface area contributed by atoms with E-state index >= 15 is 0 Å². The number of hydrogen-bond acceptors (Lipinski definition) is 4. The van der Waals surface area contributed by atoms with Crippen LogP contribution in [0.2, 0.25) is 0 Å². The van der Waals surface area contributed by atoms with Gasteiger partial charge in [-0.05, 0) is 12.8 Å². The average Bonchev–Trinajstić information content (AvgIpc) is 2.53. The molecule has 6 N–H and O–H groups in total. The lowest BCUT2D eigenvalue weighted by Gasteiger charge is -2.22. The molecule has 0 unspecified atom stereocenters. The number of nitrogens with zero attached hydrogens (tertiary/aromatic N) is 5. The summed E-state index contributed by atoms with van der Waals surface area (Å²) in [6.45, 7) is 10.5. The van der Waals surface area contributed by atoms with E-state index in [1.807, 2.05) is 0 Å². The van der Waals surface area contributed by atoms with Gasteiger partial charge in [0.25, 0.3) is 5.96 Å². The number of nitriles is 1. The van der Waals surface area contributed by atoms with Gasteiger partial charge in [-0.1, -0.05) is 12.3 Å². The van der Waals surface area contributed by atoms with Crippen LogP contribution in [0.4, 0.5) is 0 Å². The van der Waals surface area contributed by atoms with Crippen LogP contribution in [0.15, 0.2) is 9.98 Å². The highest BCUT2D eigenvalue weighted by Gasteiger charge is 2.10. The first-order valence-electron chi connectivity index (χ1n) is 7.21. The van der Waals surface area contributed by atoms with E-state index in [9.17, 15) is 4.79 Å². The van der Waals surface area contributed by atoms with Crippen molar-refractivity contribution in [3.63, 3.8) is 0 Å². The van der Waals surface area contributed by atoms with E-state index in [2.05, 4.69) is 25.7 Å². The van der Waals surface area contributed by atoms with Crippen molar-refractivity contribution in [1.82, 2.24) is 15.6 Å². The molecule has 1 amide bonds. The van der Waals surface area contributed by atoms with Crippen molar-refractivity contribution in [2.24, 2.45) is 21.5 Å². The Morgan fingerprint density at radius 1 is 1.35 bits per heavy atom. The predicted molar refractivity (Wildman–Crippen MR) is 87.6 cm³/mol. The molecule has 10 heteroatoms. The predicted octanol–water partition coefficient (Wildman–Crippen LogP) is -0.871. The molecule has 0 heterocycles. The van der Waals surface area contributed by atoms with Crippen molar-refractivity contribution in [2.45, 2.75) is 26.2 Å². The summed E-state index contributed by atoms with van der Waals surface area (Å²) in [4.78, 5) is 23.8. The SMILES string of the molecule is [C-]#[N+]NC(N)=NCCCN(CCCNC(N)=NC#N)C(=O)CC. The molecule has 0 aliphatic carbocycles. The highest BCUT2D eigenvalue weighted by Crippen LogP contribution is 1.99. The molecular weight excluding hydrogens is 298 g/mol. The van der Waals surface area contributed by atoms with Crippen molar-refractivity contribution < 1.29 is 4.79 Å². The number of nitrogens with one attached hydrogen (secondary N) is 2. The maximum atomic E-state index is 11.9.